The van der Waals surface area contributed by atoms with E-state index in [4.69, 9.17) is 9.47 Å². The number of carbonyl (C=O) groups is 1. The molecule has 8 nitrogen and oxygen atoms in total. The maximum atomic E-state index is 12.6. The molecule has 0 saturated carbocycles. The highest BCUT2D eigenvalue weighted by molar-refractivity contribution is 7.91. The van der Waals surface area contributed by atoms with Crippen LogP contribution >= 0.6 is 0 Å². The third kappa shape index (κ3) is 6.14. The van der Waals surface area contributed by atoms with Crippen molar-refractivity contribution in [2.45, 2.75) is 30.3 Å². The number of rotatable bonds is 10. The molecule has 0 bridgehead atoms. The molecule has 1 saturated heterocycles. The number of hydrogen-bond acceptors (Lipinski definition) is 8. The van der Waals surface area contributed by atoms with E-state index in [2.05, 4.69) is 29.6 Å². The molecule has 9 heteroatoms. The van der Waals surface area contributed by atoms with Crippen LogP contribution in [-0.2, 0) is 29.7 Å². The van der Waals surface area contributed by atoms with Gasteiger partial charge in [0.25, 0.3) is 0 Å². The predicted molar refractivity (Wildman–Crippen MR) is 157 cm³/mol. The predicted octanol–water partition coefficient (Wildman–Crippen LogP) is 5.10. The molecule has 1 fully saturated rings. The van der Waals surface area contributed by atoms with Crippen molar-refractivity contribution in [2.75, 3.05) is 38.4 Å². The molecule has 1 heterocycles. The van der Waals surface area contributed by atoms with Crippen molar-refractivity contribution in [2.24, 2.45) is 5.92 Å². The van der Waals surface area contributed by atoms with Gasteiger partial charge in [0.05, 0.1) is 17.8 Å². The highest BCUT2D eigenvalue weighted by atomic mass is 32.2. The summed E-state index contributed by atoms with van der Waals surface area (Å²) in [5.74, 6) is -0.319. The van der Waals surface area contributed by atoms with Gasteiger partial charge in [0, 0.05) is 25.9 Å². The maximum absolute atomic E-state index is 12.6. The van der Waals surface area contributed by atoms with E-state index in [0.29, 0.717) is 24.6 Å². The Morgan fingerprint density at radius 2 is 1.49 bits per heavy atom. The van der Waals surface area contributed by atoms with E-state index < -0.39 is 21.4 Å². The van der Waals surface area contributed by atoms with Crippen LogP contribution in [0, 0.1) is 17.2 Å². The SMILES string of the molecule is CCS(=O)(=O)c1ccc(N/C(=C(\C#N)C(=O)OC)N2CCC(C(OC)(c3ccccc3)c3ccccc3)CC2)cc1. The van der Waals surface area contributed by atoms with Crippen LogP contribution in [0.2, 0.25) is 0 Å². The van der Waals surface area contributed by atoms with Gasteiger partial charge in [-0.25, -0.2) is 13.2 Å². The summed E-state index contributed by atoms with van der Waals surface area (Å²) in [6, 6.07) is 28.7. The Morgan fingerprint density at radius 1 is 0.951 bits per heavy atom. The maximum Gasteiger partial charge on any atom is 0.352 e. The number of methoxy groups -OCH3 is 2. The largest absolute Gasteiger partial charge is 0.465 e. The number of anilines is 1. The fourth-order valence-electron chi connectivity index (χ4n) is 5.57. The van der Waals surface area contributed by atoms with Crippen LogP contribution < -0.4 is 5.32 Å². The van der Waals surface area contributed by atoms with Gasteiger partial charge in [0.1, 0.15) is 17.5 Å². The van der Waals surface area contributed by atoms with E-state index in [1.54, 1.807) is 26.2 Å². The fourth-order valence-corrected chi connectivity index (χ4v) is 6.45. The Hall–Kier alpha value is -4.13. The van der Waals surface area contributed by atoms with Crippen LogP contribution in [0.25, 0.3) is 0 Å². The molecule has 214 valence electrons. The van der Waals surface area contributed by atoms with Gasteiger partial charge in [0.2, 0.25) is 0 Å². The summed E-state index contributed by atoms with van der Waals surface area (Å²) in [4.78, 5) is 14.8. The Labute approximate surface area is 242 Å². The van der Waals surface area contributed by atoms with E-state index >= 15 is 0 Å². The molecule has 0 aliphatic carbocycles. The van der Waals surface area contributed by atoms with Crippen molar-refractivity contribution in [1.29, 1.82) is 5.26 Å². The van der Waals surface area contributed by atoms with E-state index in [0.717, 1.165) is 24.0 Å². The van der Waals surface area contributed by atoms with Gasteiger partial charge in [-0.3, -0.25) is 0 Å². The first-order chi connectivity index (χ1) is 19.8. The number of nitrogens with one attached hydrogen (secondary N) is 1. The highest BCUT2D eigenvalue weighted by Crippen LogP contribution is 2.45. The number of carbonyl (C=O) groups excluding carboxylic acids is 1. The lowest BCUT2D eigenvalue weighted by molar-refractivity contribution is -0.135. The number of nitrogens with zero attached hydrogens (tertiary/aromatic N) is 2. The summed E-state index contributed by atoms with van der Waals surface area (Å²) < 4.78 is 35.8. The normalized spacial score (nSPS) is 15.0. The molecule has 0 amide bonds. The van der Waals surface area contributed by atoms with Crippen LogP contribution in [-0.4, -0.2) is 52.3 Å². The van der Waals surface area contributed by atoms with Crippen LogP contribution in [0.15, 0.2) is 101 Å². The molecule has 0 atom stereocenters. The minimum absolute atomic E-state index is 0.00424. The lowest BCUT2D eigenvalue weighted by atomic mass is 9.71. The second-order valence-corrected chi connectivity index (χ2v) is 12.1. The molecule has 0 unspecified atom stereocenters. The Balaban J connectivity index is 1.66. The van der Waals surface area contributed by atoms with E-state index in [9.17, 15) is 18.5 Å². The topological polar surface area (TPSA) is 109 Å². The summed E-state index contributed by atoms with van der Waals surface area (Å²) in [5.41, 5.74) is 1.85. The van der Waals surface area contributed by atoms with Gasteiger partial charge < -0.3 is 19.7 Å². The molecule has 3 aromatic rings. The van der Waals surface area contributed by atoms with Crippen molar-refractivity contribution >= 4 is 21.5 Å². The van der Waals surface area contributed by atoms with Gasteiger partial charge in [-0.1, -0.05) is 67.6 Å². The summed E-state index contributed by atoms with van der Waals surface area (Å²) >= 11 is 0. The van der Waals surface area contributed by atoms with Crippen LogP contribution in [0.3, 0.4) is 0 Å². The van der Waals surface area contributed by atoms with Gasteiger partial charge in [-0.05, 0) is 54.2 Å². The second kappa shape index (κ2) is 13.0. The van der Waals surface area contributed by atoms with E-state index in [1.165, 1.54) is 19.2 Å². The zero-order valence-corrected chi connectivity index (χ0v) is 24.4. The molecular weight excluding hydrogens is 538 g/mol. The standard InChI is InChI=1S/C32H35N3O5S/c1-4-41(37,38)28-17-15-27(16-18-28)34-30(29(23-33)31(36)39-2)35-21-19-26(20-22-35)32(40-3,24-11-7-5-8-12-24)25-13-9-6-10-14-25/h5-18,26,34H,4,19-22H2,1-3H3/b30-29-. The number of sulfone groups is 1. The third-order valence-electron chi connectivity index (χ3n) is 7.71. The van der Waals surface area contributed by atoms with Crippen molar-refractivity contribution in [1.82, 2.24) is 4.90 Å². The number of piperidine rings is 1. The van der Waals surface area contributed by atoms with Crippen molar-refractivity contribution in [3.8, 4) is 6.07 Å². The summed E-state index contributed by atoms with van der Waals surface area (Å²) in [7, 11) is -0.380. The molecule has 0 radical (unpaired) electrons. The highest BCUT2D eigenvalue weighted by Gasteiger charge is 2.44. The minimum atomic E-state index is -3.36. The number of ether oxygens (including phenoxy) is 2. The molecule has 4 rings (SSSR count). The number of benzene rings is 3. The quantitative estimate of drug-likeness (QED) is 0.203. The molecule has 3 aromatic carbocycles. The van der Waals surface area contributed by atoms with E-state index in [-0.39, 0.29) is 22.1 Å². The lowest BCUT2D eigenvalue weighted by Crippen LogP contribution is -2.46. The summed E-state index contributed by atoms with van der Waals surface area (Å²) in [6.07, 6.45) is 1.44. The fraction of sp³-hybridized carbons (Fsp3) is 0.312. The van der Waals surface area contributed by atoms with Crippen molar-refractivity contribution in [3.05, 3.63) is 107 Å². The first-order valence-electron chi connectivity index (χ1n) is 13.5. The molecule has 0 aromatic heterocycles. The van der Waals surface area contributed by atoms with Crippen molar-refractivity contribution < 1.29 is 22.7 Å². The third-order valence-corrected chi connectivity index (χ3v) is 9.46. The first-order valence-corrected chi connectivity index (χ1v) is 15.2. The molecule has 1 N–H and O–H groups in total. The minimum Gasteiger partial charge on any atom is -0.465 e. The zero-order chi connectivity index (χ0) is 29.5. The average Bonchev–Trinajstić information content (AvgIpc) is 3.03. The first kappa shape index (κ1) is 29.8. The van der Waals surface area contributed by atoms with Gasteiger partial charge in [-0.2, -0.15) is 5.26 Å². The van der Waals surface area contributed by atoms with Crippen LogP contribution in [0.1, 0.15) is 30.9 Å². The van der Waals surface area contributed by atoms with Crippen LogP contribution in [0.5, 0.6) is 0 Å². The summed E-state index contributed by atoms with van der Waals surface area (Å²) in [6.45, 7) is 2.68. The number of likely N-dealkylation sites (tertiary alicyclic amines) is 1. The second-order valence-electron chi connectivity index (χ2n) is 9.81. The Bertz CT molecular complexity index is 1470. The number of esters is 1. The van der Waals surface area contributed by atoms with Crippen LogP contribution in [0.4, 0.5) is 5.69 Å². The molecule has 41 heavy (non-hydrogen) atoms. The average molecular weight is 574 g/mol. The monoisotopic (exact) mass is 573 g/mol. The van der Waals surface area contributed by atoms with E-state index in [1.807, 2.05) is 47.4 Å². The zero-order valence-electron chi connectivity index (χ0n) is 23.5. The van der Waals surface area contributed by atoms with Gasteiger partial charge in [0.15, 0.2) is 15.4 Å². The van der Waals surface area contributed by atoms with Gasteiger partial charge in [-0.15, -0.1) is 0 Å². The Morgan fingerprint density at radius 3 is 1.93 bits per heavy atom. The smallest absolute Gasteiger partial charge is 0.352 e. The number of nitriles is 1. The Kier molecular flexibility index (Phi) is 9.48. The lowest BCUT2D eigenvalue weighted by Gasteiger charge is -2.45. The van der Waals surface area contributed by atoms with Crippen molar-refractivity contribution in [3.63, 3.8) is 0 Å². The molecule has 0 spiro atoms. The van der Waals surface area contributed by atoms with Gasteiger partial charge >= 0.3 is 5.97 Å². The molecule has 1 aliphatic heterocycles. The summed E-state index contributed by atoms with van der Waals surface area (Å²) in [5, 5.41) is 13.1. The molecular formula is C32H35N3O5S. The molecule has 1 aliphatic rings. The number of hydrogen-bond donors (Lipinski definition) is 1.